The quantitative estimate of drug-likeness (QED) is 0.795. The van der Waals surface area contributed by atoms with Gasteiger partial charge in [-0.15, -0.1) is 0 Å². The number of ether oxygens (including phenoxy) is 2. The van der Waals surface area contributed by atoms with Crippen molar-refractivity contribution in [2.45, 2.75) is 11.8 Å². The summed E-state index contributed by atoms with van der Waals surface area (Å²) in [5, 5.41) is 5.05. The number of methoxy groups -OCH3 is 1. The number of nitrogens with two attached hydrogens (primary N) is 1. The molecule has 17 heavy (non-hydrogen) atoms. The molecule has 0 aliphatic heterocycles. The molecule has 1 rings (SSSR count). The van der Waals surface area contributed by atoms with Crippen LogP contribution in [0.25, 0.3) is 0 Å². The van der Waals surface area contributed by atoms with E-state index in [-0.39, 0.29) is 22.8 Å². The molecule has 1 aromatic rings. The highest BCUT2D eigenvalue weighted by Gasteiger charge is 2.24. The highest BCUT2D eigenvalue weighted by Crippen LogP contribution is 2.26. The minimum absolute atomic E-state index is 0.0121. The molecule has 0 fully saturated rings. The summed E-state index contributed by atoms with van der Waals surface area (Å²) in [6.45, 7) is 1.76. The van der Waals surface area contributed by atoms with Crippen LogP contribution in [0.5, 0.6) is 5.75 Å². The highest BCUT2D eigenvalue weighted by atomic mass is 32.2. The van der Waals surface area contributed by atoms with Crippen LogP contribution in [0.4, 0.5) is 0 Å². The third-order valence-electron chi connectivity index (χ3n) is 1.98. The van der Waals surface area contributed by atoms with Crippen molar-refractivity contribution >= 4 is 16.0 Å². The third kappa shape index (κ3) is 2.95. The van der Waals surface area contributed by atoms with Gasteiger partial charge in [-0.2, -0.15) is 0 Å². The number of hydrogen-bond donors (Lipinski definition) is 1. The summed E-state index contributed by atoms with van der Waals surface area (Å²) in [7, 11) is -2.77. The number of sulfonamides is 1. The first-order valence-electron chi connectivity index (χ1n) is 4.78. The van der Waals surface area contributed by atoms with Crippen molar-refractivity contribution in [3.05, 3.63) is 23.8 Å². The SMILES string of the molecule is CCOC(=O)c1cccc(OC)c1S(N)(=O)=O. The van der Waals surface area contributed by atoms with Gasteiger partial charge in [-0.3, -0.25) is 0 Å². The Labute approximate surface area is 99.4 Å². The van der Waals surface area contributed by atoms with E-state index in [1.807, 2.05) is 0 Å². The minimum atomic E-state index is -4.07. The van der Waals surface area contributed by atoms with Gasteiger partial charge in [0.15, 0.2) is 0 Å². The molecule has 0 aliphatic carbocycles. The predicted molar refractivity (Wildman–Crippen MR) is 60.3 cm³/mol. The molecule has 0 aliphatic rings. The number of carbonyl (C=O) groups is 1. The van der Waals surface area contributed by atoms with Crippen molar-refractivity contribution in [1.29, 1.82) is 0 Å². The van der Waals surface area contributed by atoms with Crippen LogP contribution >= 0.6 is 0 Å². The second-order valence-corrected chi connectivity index (χ2v) is 4.60. The lowest BCUT2D eigenvalue weighted by Gasteiger charge is -2.10. The van der Waals surface area contributed by atoms with Gasteiger partial charge in [0.2, 0.25) is 10.0 Å². The van der Waals surface area contributed by atoms with Crippen LogP contribution in [0.3, 0.4) is 0 Å². The Morgan fingerprint density at radius 1 is 1.41 bits per heavy atom. The molecule has 0 unspecified atom stereocenters. The van der Waals surface area contributed by atoms with Crippen molar-refractivity contribution in [3.63, 3.8) is 0 Å². The van der Waals surface area contributed by atoms with Gasteiger partial charge in [0.05, 0.1) is 19.3 Å². The molecule has 0 atom stereocenters. The van der Waals surface area contributed by atoms with Crippen molar-refractivity contribution in [3.8, 4) is 5.75 Å². The monoisotopic (exact) mass is 259 g/mol. The van der Waals surface area contributed by atoms with Crippen molar-refractivity contribution in [2.75, 3.05) is 13.7 Å². The average molecular weight is 259 g/mol. The summed E-state index contributed by atoms with van der Waals surface area (Å²) in [6, 6.07) is 4.21. The van der Waals surface area contributed by atoms with Crippen LogP contribution in [0.1, 0.15) is 17.3 Å². The lowest BCUT2D eigenvalue weighted by molar-refractivity contribution is 0.0521. The van der Waals surface area contributed by atoms with Gasteiger partial charge < -0.3 is 9.47 Å². The number of benzene rings is 1. The lowest BCUT2D eigenvalue weighted by atomic mass is 10.2. The summed E-state index contributed by atoms with van der Waals surface area (Å²) in [6.07, 6.45) is 0. The van der Waals surface area contributed by atoms with Crippen molar-refractivity contribution in [1.82, 2.24) is 0 Å². The zero-order valence-electron chi connectivity index (χ0n) is 9.47. The second-order valence-electron chi connectivity index (χ2n) is 3.10. The molecule has 2 N–H and O–H groups in total. The second kappa shape index (κ2) is 5.15. The summed E-state index contributed by atoms with van der Waals surface area (Å²) < 4.78 is 32.5. The van der Waals surface area contributed by atoms with E-state index in [1.54, 1.807) is 6.92 Å². The lowest BCUT2D eigenvalue weighted by Crippen LogP contribution is -2.19. The maximum Gasteiger partial charge on any atom is 0.339 e. The van der Waals surface area contributed by atoms with E-state index in [2.05, 4.69) is 0 Å². The van der Waals surface area contributed by atoms with Crippen LogP contribution in [0.15, 0.2) is 23.1 Å². The molecule has 1 aromatic carbocycles. The zero-order valence-corrected chi connectivity index (χ0v) is 10.3. The van der Waals surface area contributed by atoms with E-state index in [4.69, 9.17) is 14.6 Å². The van der Waals surface area contributed by atoms with Crippen LogP contribution < -0.4 is 9.88 Å². The largest absolute Gasteiger partial charge is 0.495 e. The third-order valence-corrected chi connectivity index (χ3v) is 2.97. The van der Waals surface area contributed by atoms with Crippen LogP contribution in [-0.2, 0) is 14.8 Å². The number of esters is 1. The number of primary sulfonamides is 1. The Bertz CT molecular complexity index is 523. The number of rotatable bonds is 4. The van der Waals surface area contributed by atoms with E-state index < -0.39 is 16.0 Å². The Morgan fingerprint density at radius 2 is 2.06 bits per heavy atom. The molecule has 0 heterocycles. The van der Waals surface area contributed by atoms with Gasteiger partial charge in [0.25, 0.3) is 0 Å². The molecule has 0 aromatic heterocycles. The van der Waals surface area contributed by atoms with E-state index in [9.17, 15) is 13.2 Å². The first kappa shape index (κ1) is 13.5. The summed E-state index contributed by atoms with van der Waals surface area (Å²) >= 11 is 0. The number of carbonyl (C=O) groups excluding carboxylic acids is 1. The average Bonchev–Trinajstić information content (AvgIpc) is 2.27. The van der Waals surface area contributed by atoms with Crippen LogP contribution in [0.2, 0.25) is 0 Å². The molecule has 0 spiro atoms. The maximum absolute atomic E-state index is 11.6. The van der Waals surface area contributed by atoms with Crippen LogP contribution in [0, 0.1) is 0 Å². The summed E-state index contributed by atoms with van der Waals surface area (Å²) in [5.41, 5.74) is -0.131. The molecule has 0 radical (unpaired) electrons. The summed E-state index contributed by atoms with van der Waals surface area (Å²) in [4.78, 5) is 11.2. The molecular formula is C10H13NO5S. The molecule has 0 saturated carbocycles. The van der Waals surface area contributed by atoms with Gasteiger partial charge >= 0.3 is 5.97 Å². The van der Waals surface area contributed by atoms with E-state index in [0.717, 1.165) is 0 Å². The van der Waals surface area contributed by atoms with Gasteiger partial charge in [-0.05, 0) is 19.1 Å². The van der Waals surface area contributed by atoms with Gasteiger partial charge in [-0.25, -0.2) is 18.4 Å². The Kier molecular flexibility index (Phi) is 4.08. The van der Waals surface area contributed by atoms with E-state index >= 15 is 0 Å². The zero-order chi connectivity index (χ0) is 13.1. The predicted octanol–water partition coefficient (Wildman–Crippen LogP) is 0.519. The standard InChI is InChI=1S/C10H13NO5S/c1-3-16-10(12)7-5-4-6-8(15-2)9(7)17(11,13)14/h4-6H,3H2,1-2H3,(H2,11,13,14). The number of hydrogen-bond acceptors (Lipinski definition) is 5. The van der Waals surface area contributed by atoms with Crippen molar-refractivity contribution < 1.29 is 22.7 Å². The Balaban J connectivity index is 3.46. The van der Waals surface area contributed by atoms with E-state index in [1.165, 1.54) is 25.3 Å². The Hall–Kier alpha value is -1.60. The van der Waals surface area contributed by atoms with Gasteiger partial charge in [0.1, 0.15) is 10.6 Å². The molecule has 6 nitrogen and oxygen atoms in total. The van der Waals surface area contributed by atoms with Gasteiger partial charge in [0, 0.05) is 0 Å². The molecule has 0 saturated heterocycles. The molecule has 94 valence electrons. The van der Waals surface area contributed by atoms with Gasteiger partial charge in [-0.1, -0.05) is 6.07 Å². The fourth-order valence-electron chi connectivity index (χ4n) is 1.34. The molecule has 0 amide bonds. The Morgan fingerprint density at radius 3 is 2.53 bits per heavy atom. The van der Waals surface area contributed by atoms with Crippen LogP contribution in [-0.4, -0.2) is 28.1 Å². The first-order valence-corrected chi connectivity index (χ1v) is 6.33. The normalized spacial score (nSPS) is 11.0. The minimum Gasteiger partial charge on any atom is -0.495 e. The fourth-order valence-corrected chi connectivity index (χ4v) is 2.23. The molecular weight excluding hydrogens is 246 g/mol. The summed E-state index contributed by atoms with van der Waals surface area (Å²) in [5.74, 6) is -0.742. The first-order chi connectivity index (χ1) is 7.91. The fraction of sp³-hybridized carbons (Fsp3) is 0.300. The maximum atomic E-state index is 11.6. The van der Waals surface area contributed by atoms with Crippen molar-refractivity contribution in [2.24, 2.45) is 5.14 Å². The smallest absolute Gasteiger partial charge is 0.339 e. The topological polar surface area (TPSA) is 95.7 Å². The molecule has 7 heteroatoms. The van der Waals surface area contributed by atoms with E-state index in [0.29, 0.717) is 0 Å². The highest BCUT2D eigenvalue weighted by molar-refractivity contribution is 7.89. The molecule has 0 bridgehead atoms.